The van der Waals surface area contributed by atoms with Crippen molar-refractivity contribution in [2.45, 2.75) is 33.2 Å². The summed E-state index contributed by atoms with van der Waals surface area (Å²) < 4.78 is 4.97. The molecule has 0 N–H and O–H groups in total. The lowest BCUT2D eigenvalue weighted by molar-refractivity contribution is 0.716. The SMILES string of the molecule is CCCc1nc2c(C)ccnc2n1Cc1ccc(-n2c(Br)ccc2C#N)cc1. The van der Waals surface area contributed by atoms with Crippen LogP contribution in [0.3, 0.4) is 0 Å². The van der Waals surface area contributed by atoms with Gasteiger partial charge in [0, 0.05) is 18.3 Å². The van der Waals surface area contributed by atoms with E-state index in [9.17, 15) is 5.26 Å². The maximum atomic E-state index is 9.31. The molecule has 0 radical (unpaired) electrons. The van der Waals surface area contributed by atoms with Crippen LogP contribution in [0, 0.1) is 18.3 Å². The summed E-state index contributed by atoms with van der Waals surface area (Å²) in [6.07, 6.45) is 3.82. The second-order valence-electron chi connectivity index (χ2n) is 6.82. The molecule has 1 aromatic carbocycles. The summed E-state index contributed by atoms with van der Waals surface area (Å²) in [4.78, 5) is 9.43. The summed E-state index contributed by atoms with van der Waals surface area (Å²) in [5.41, 5.74) is 5.80. The molecule has 4 aromatic rings. The number of hydrogen-bond acceptors (Lipinski definition) is 3. The Morgan fingerprint density at radius 3 is 2.61 bits per heavy atom. The lowest BCUT2D eigenvalue weighted by Gasteiger charge is -2.11. The third-order valence-corrected chi connectivity index (χ3v) is 5.49. The molecule has 140 valence electrons. The molecule has 0 unspecified atom stereocenters. The highest BCUT2D eigenvalue weighted by molar-refractivity contribution is 9.10. The summed E-state index contributed by atoms with van der Waals surface area (Å²) in [6.45, 7) is 4.97. The molecule has 0 saturated heterocycles. The molecule has 0 fully saturated rings. The van der Waals surface area contributed by atoms with Crippen LogP contribution in [-0.4, -0.2) is 19.1 Å². The minimum absolute atomic E-state index is 0.602. The van der Waals surface area contributed by atoms with E-state index in [1.165, 1.54) is 5.56 Å². The Hall–Kier alpha value is -2.91. The summed E-state index contributed by atoms with van der Waals surface area (Å²) in [7, 11) is 0. The van der Waals surface area contributed by atoms with Crippen molar-refractivity contribution in [2.75, 3.05) is 0 Å². The van der Waals surface area contributed by atoms with Crippen LogP contribution in [-0.2, 0) is 13.0 Å². The van der Waals surface area contributed by atoms with Gasteiger partial charge in [-0.25, -0.2) is 9.97 Å². The first-order valence-corrected chi connectivity index (χ1v) is 10.1. The largest absolute Gasteiger partial charge is 0.308 e. The van der Waals surface area contributed by atoms with Crippen molar-refractivity contribution in [3.8, 4) is 11.8 Å². The molecule has 0 bridgehead atoms. The molecule has 0 amide bonds. The van der Waals surface area contributed by atoms with E-state index in [1.54, 1.807) is 6.07 Å². The van der Waals surface area contributed by atoms with Crippen LogP contribution in [0.4, 0.5) is 0 Å². The minimum Gasteiger partial charge on any atom is -0.308 e. The van der Waals surface area contributed by atoms with Gasteiger partial charge in [-0.1, -0.05) is 19.1 Å². The Labute approximate surface area is 172 Å². The topological polar surface area (TPSA) is 59.4 Å². The third kappa shape index (κ3) is 3.23. The van der Waals surface area contributed by atoms with E-state index in [0.717, 1.165) is 52.2 Å². The van der Waals surface area contributed by atoms with E-state index in [1.807, 2.05) is 35.0 Å². The fourth-order valence-corrected chi connectivity index (χ4v) is 3.99. The zero-order valence-electron chi connectivity index (χ0n) is 15.9. The molecule has 0 aliphatic heterocycles. The van der Waals surface area contributed by atoms with Crippen molar-refractivity contribution >= 4 is 27.1 Å². The molecular formula is C22H20BrN5. The predicted molar refractivity (Wildman–Crippen MR) is 114 cm³/mol. The van der Waals surface area contributed by atoms with Gasteiger partial charge in [0.2, 0.25) is 0 Å². The van der Waals surface area contributed by atoms with Crippen LogP contribution in [0.15, 0.2) is 53.3 Å². The lowest BCUT2D eigenvalue weighted by atomic mass is 10.2. The predicted octanol–water partition coefficient (Wildman–Crippen LogP) is 5.17. The van der Waals surface area contributed by atoms with E-state index in [-0.39, 0.29) is 0 Å². The molecule has 5 nitrogen and oxygen atoms in total. The second-order valence-corrected chi connectivity index (χ2v) is 7.63. The number of hydrogen-bond donors (Lipinski definition) is 0. The van der Waals surface area contributed by atoms with Gasteiger partial charge in [0.05, 0.1) is 11.1 Å². The molecule has 0 aliphatic carbocycles. The third-order valence-electron chi connectivity index (χ3n) is 4.87. The number of aryl methyl sites for hydroxylation is 2. The Morgan fingerprint density at radius 1 is 1.11 bits per heavy atom. The number of nitriles is 1. The highest BCUT2D eigenvalue weighted by Gasteiger charge is 2.14. The minimum atomic E-state index is 0.602. The van der Waals surface area contributed by atoms with Crippen molar-refractivity contribution in [3.05, 3.63) is 75.9 Å². The van der Waals surface area contributed by atoms with Crippen LogP contribution in [0.5, 0.6) is 0 Å². The molecule has 3 aromatic heterocycles. The standard InChI is InChI=1S/C22H20BrN5/c1-3-4-20-26-21-15(2)11-12-25-22(21)27(20)14-16-5-7-17(8-6-16)28-18(13-24)9-10-19(28)23/h5-12H,3-4,14H2,1-2H3. The monoisotopic (exact) mass is 433 g/mol. The van der Waals surface area contributed by atoms with Crippen LogP contribution in [0.1, 0.15) is 36.0 Å². The fourth-order valence-electron chi connectivity index (χ4n) is 3.46. The average molecular weight is 434 g/mol. The molecule has 0 spiro atoms. The van der Waals surface area contributed by atoms with Gasteiger partial charge in [0.15, 0.2) is 5.65 Å². The highest BCUT2D eigenvalue weighted by Crippen LogP contribution is 2.23. The zero-order chi connectivity index (χ0) is 19.7. The summed E-state index contributed by atoms with van der Waals surface area (Å²) >= 11 is 3.51. The number of halogens is 1. The summed E-state index contributed by atoms with van der Waals surface area (Å²) in [5, 5.41) is 9.31. The fraction of sp³-hybridized carbons (Fsp3) is 0.227. The summed E-state index contributed by atoms with van der Waals surface area (Å²) in [5.74, 6) is 1.07. The molecule has 0 aliphatic rings. The summed E-state index contributed by atoms with van der Waals surface area (Å²) in [6, 6.07) is 16.2. The highest BCUT2D eigenvalue weighted by atomic mass is 79.9. The van der Waals surface area contributed by atoms with Crippen LogP contribution < -0.4 is 0 Å². The van der Waals surface area contributed by atoms with Gasteiger partial charge in [-0.15, -0.1) is 0 Å². The Bertz CT molecular complexity index is 1180. The number of fused-ring (bicyclic) bond motifs is 1. The van der Waals surface area contributed by atoms with Crippen molar-refractivity contribution in [2.24, 2.45) is 0 Å². The van der Waals surface area contributed by atoms with Crippen LogP contribution in [0.2, 0.25) is 0 Å². The Kier molecular flexibility index (Phi) is 5.01. The smallest absolute Gasteiger partial charge is 0.160 e. The van der Waals surface area contributed by atoms with Gasteiger partial charge < -0.3 is 4.57 Å². The molecule has 3 heterocycles. The van der Waals surface area contributed by atoms with Gasteiger partial charge in [0.1, 0.15) is 23.1 Å². The van der Waals surface area contributed by atoms with Gasteiger partial charge in [-0.3, -0.25) is 4.57 Å². The van der Waals surface area contributed by atoms with E-state index >= 15 is 0 Å². The molecule has 28 heavy (non-hydrogen) atoms. The Balaban J connectivity index is 1.70. The zero-order valence-corrected chi connectivity index (χ0v) is 17.4. The maximum Gasteiger partial charge on any atom is 0.160 e. The van der Waals surface area contributed by atoms with Crippen molar-refractivity contribution in [3.63, 3.8) is 0 Å². The number of benzene rings is 1. The quantitative estimate of drug-likeness (QED) is 0.436. The molecule has 4 rings (SSSR count). The first-order chi connectivity index (χ1) is 13.6. The molecule has 0 atom stereocenters. The lowest BCUT2D eigenvalue weighted by Crippen LogP contribution is -2.06. The van der Waals surface area contributed by atoms with Crippen LogP contribution >= 0.6 is 15.9 Å². The van der Waals surface area contributed by atoms with E-state index in [2.05, 4.69) is 57.5 Å². The first kappa shape index (κ1) is 18.5. The second kappa shape index (κ2) is 7.61. The molecular weight excluding hydrogens is 414 g/mol. The molecule has 6 heteroatoms. The number of aromatic nitrogens is 4. The number of pyridine rings is 1. The van der Waals surface area contributed by atoms with Crippen molar-refractivity contribution in [1.29, 1.82) is 5.26 Å². The normalized spacial score (nSPS) is 11.1. The van der Waals surface area contributed by atoms with Crippen LogP contribution in [0.25, 0.3) is 16.9 Å². The molecule has 0 saturated carbocycles. The van der Waals surface area contributed by atoms with E-state index in [0.29, 0.717) is 5.69 Å². The average Bonchev–Trinajstić information content (AvgIpc) is 3.24. The van der Waals surface area contributed by atoms with Gasteiger partial charge in [0.25, 0.3) is 0 Å². The Morgan fingerprint density at radius 2 is 1.89 bits per heavy atom. The number of rotatable bonds is 5. The van der Waals surface area contributed by atoms with Gasteiger partial charge >= 0.3 is 0 Å². The first-order valence-electron chi connectivity index (χ1n) is 9.29. The van der Waals surface area contributed by atoms with E-state index in [4.69, 9.17) is 4.98 Å². The maximum absolute atomic E-state index is 9.31. The van der Waals surface area contributed by atoms with Crippen molar-refractivity contribution in [1.82, 2.24) is 19.1 Å². The van der Waals surface area contributed by atoms with Crippen molar-refractivity contribution < 1.29 is 0 Å². The van der Waals surface area contributed by atoms with Gasteiger partial charge in [-0.2, -0.15) is 5.26 Å². The number of nitrogens with zero attached hydrogens (tertiary/aromatic N) is 5. The van der Waals surface area contributed by atoms with E-state index < -0.39 is 0 Å². The van der Waals surface area contributed by atoms with Gasteiger partial charge in [-0.05, 0) is 70.7 Å². The number of imidazole rings is 1.